The Morgan fingerprint density at radius 1 is 0.821 bits per heavy atom. The topological polar surface area (TPSA) is 75.3 Å². The summed E-state index contributed by atoms with van der Waals surface area (Å²) < 4.78 is 27.7. The lowest BCUT2D eigenvalue weighted by Crippen LogP contribution is -2.17. The van der Waals surface area contributed by atoms with E-state index < -0.39 is 10.0 Å². The molecule has 144 valence electrons. The van der Waals surface area contributed by atoms with Gasteiger partial charge in [0.05, 0.1) is 10.6 Å². The quantitative estimate of drug-likeness (QED) is 0.661. The van der Waals surface area contributed by atoms with E-state index in [1.165, 1.54) is 12.1 Å². The molecule has 5 nitrogen and oxygen atoms in total. The molecular weight excluding hydrogens is 372 g/mol. The fourth-order valence-electron chi connectivity index (χ4n) is 2.81. The van der Waals surface area contributed by atoms with Crippen LogP contribution in [0.1, 0.15) is 27.0 Å². The lowest BCUT2D eigenvalue weighted by Gasteiger charge is -2.14. The Morgan fingerprint density at radius 3 is 2.21 bits per heavy atom. The smallest absolute Gasteiger partial charge is 0.261 e. The first-order valence-electron chi connectivity index (χ1n) is 8.84. The Hall–Kier alpha value is -3.12. The lowest BCUT2D eigenvalue weighted by molar-refractivity contribution is 0.102. The molecule has 0 aromatic heterocycles. The molecule has 0 saturated carbocycles. The number of sulfonamides is 1. The summed E-state index contributed by atoms with van der Waals surface area (Å²) in [5, 5.41) is 2.87. The summed E-state index contributed by atoms with van der Waals surface area (Å²) in [4.78, 5) is 12.9. The van der Waals surface area contributed by atoms with Crippen molar-refractivity contribution in [3.8, 4) is 0 Å². The van der Waals surface area contributed by atoms with E-state index in [1.54, 1.807) is 43.3 Å². The Labute approximate surface area is 165 Å². The van der Waals surface area contributed by atoms with Crippen molar-refractivity contribution in [1.29, 1.82) is 0 Å². The van der Waals surface area contributed by atoms with Gasteiger partial charge in [0.15, 0.2) is 0 Å². The molecule has 6 heteroatoms. The summed E-state index contributed by atoms with van der Waals surface area (Å²) in [6, 6.07) is 18.8. The predicted molar refractivity (Wildman–Crippen MR) is 112 cm³/mol. The van der Waals surface area contributed by atoms with Crippen molar-refractivity contribution in [3.05, 3.63) is 89.0 Å². The number of hydrogen-bond donors (Lipinski definition) is 2. The summed E-state index contributed by atoms with van der Waals surface area (Å²) >= 11 is 0. The van der Waals surface area contributed by atoms with Gasteiger partial charge in [-0.05, 0) is 73.9 Å². The Balaban J connectivity index is 1.86. The van der Waals surface area contributed by atoms with Gasteiger partial charge < -0.3 is 5.32 Å². The monoisotopic (exact) mass is 394 g/mol. The SMILES string of the molecule is Cc1ccc(NC(=O)c2cccc(NS(=O)(=O)c3ccccc3)c2C)cc1C. The van der Waals surface area contributed by atoms with Crippen LogP contribution in [0.25, 0.3) is 0 Å². The van der Waals surface area contributed by atoms with E-state index in [0.29, 0.717) is 22.5 Å². The summed E-state index contributed by atoms with van der Waals surface area (Å²) in [6.45, 7) is 5.71. The zero-order chi connectivity index (χ0) is 20.3. The van der Waals surface area contributed by atoms with Crippen LogP contribution in [0, 0.1) is 20.8 Å². The van der Waals surface area contributed by atoms with Crippen LogP contribution < -0.4 is 10.0 Å². The normalized spacial score (nSPS) is 11.1. The molecule has 0 aliphatic carbocycles. The fourth-order valence-corrected chi connectivity index (χ4v) is 3.96. The third kappa shape index (κ3) is 4.23. The van der Waals surface area contributed by atoms with E-state index in [9.17, 15) is 13.2 Å². The lowest BCUT2D eigenvalue weighted by atomic mass is 10.1. The molecule has 3 aromatic rings. The first kappa shape index (κ1) is 19.6. The van der Waals surface area contributed by atoms with Crippen LogP contribution in [0.3, 0.4) is 0 Å². The van der Waals surface area contributed by atoms with Crippen molar-refractivity contribution in [2.45, 2.75) is 25.7 Å². The van der Waals surface area contributed by atoms with E-state index in [0.717, 1.165) is 11.1 Å². The maximum Gasteiger partial charge on any atom is 0.261 e. The highest BCUT2D eigenvalue weighted by atomic mass is 32.2. The maximum atomic E-state index is 12.7. The van der Waals surface area contributed by atoms with E-state index in [-0.39, 0.29) is 10.8 Å². The molecule has 0 aliphatic rings. The summed E-state index contributed by atoms with van der Waals surface area (Å²) in [7, 11) is -3.73. The van der Waals surface area contributed by atoms with E-state index in [4.69, 9.17) is 0 Å². The fraction of sp³-hybridized carbons (Fsp3) is 0.136. The maximum absolute atomic E-state index is 12.7. The second-order valence-corrected chi connectivity index (χ2v) is 8.33. The van der Waals surface area contributed by atoms with Crippen molar-refractivity contribution in [3.63, 3.8) is 0 Å². The number of rotatable bonds is 5. The molecule has 28 heavy (non-hydrogen) atoms. The Kier molecular flexibility index (Phi) is 5.51. The van der Waals surface area contributed by atoms with Gasteiger partial charge in [-0.15, -0.1) is 0 Å². The molecule has 0 saturated heterocycles. The zero-order valence-corrected chi connectivity index (χ0v) is 16.8. The molecule has 0 heterocycles. The molecule has 3 aromatic carbocycles. The minimum atomic E-state index is -3.73. The van der Waals surface area contributed by atoms with Gasteiger partial charge in [0.25, 0.3) is 15.9 Å². The first-order chi connectivity index (χ1) is 13.3. The van der Waals surface area contributed by atoms with Gasteiger partial charge in [0, 0.05) is 11.3 Å². The van der Waals surface area contributed by atoms with Crippen molar-refractivity contribution in [1.82, 2.24) is 0 Å². The molecule has 3 rings (SSSR count). The molecule has 0 radical (unpaired) electrons. The van der Waals surface area contributed by atoms with Crippen LogP contribution in [0.4, 0.5) is 11.4 Å². The largest absolute Gasteiger partial charge is 0.322 e. The van der Waals surface area contributed by atoms with Crippen LogP contribution >= 0.6 is 0 Å². The molecule has 0 spiro atoms. The minimum absolute atomic E-state index is 0.166. The van der Waals surface area contributed by atoms with E-state index in [2.05, 4.69) is 10.0 Å². The highest BCUT2D eigenvalue weighted by Crippen LogP contribution is 2.24. The molecule has 1 amide bonds. The molecule has 0 atom stereocenters. The second kappa shape index (κ2) is 7.86. The number of benzene rings is 3. The summed E-state index contributed by atoms with van der Waals surface area (Å²) in [6.07, 6.45) is 0. The number of hydrogen-bond acceptors (Lipinski definition) is 3. The second-order valence-electron chi connectivity index (χ2n) is 6.65. The average molecular weight is 394 g/mol. The van der Waals surface area contributed by atoms with Gasteiger partial charge in [-0.1, -0.05) is 30.3 Å². The number of anilines is 2. The number of aryl methyl sites for hydroxylation is 2. The predicted octanol–water partition coefficient (Wildman–Crippen LogP) is 4.66. The van der Waals surface area contributed by atoms with Gasteiger partial charge >= 0.3 is 0 Å². The van der Waals surface area contributed by atoms with E-state index >= 15 is 0 Å². The number of nitrogens with one attached hydrogen (secondary N) is 2. The van der Waals surface area contributed by atoms with E-state index in [1.807, 2.05) is 32.0 Å². The van der Waals surface area contributed by atoms with Crippen LogP contribution in [0.5, 0.6) is 0 Å². The van der Waals surface area contributed by atoms with Crippen molar-refractivity contribution in [2.75, 3.05) is 10.0 Å². The molecule has 0 unspecified atom stereocenters. The third-order valence-electron chi connectivity index (χ3n) is 4.64. The highest BCUT2D eigenvalue weighted by Gasteiger charge is 2.18. The first-order valence-corrected chi connectivity index (χ1v) is 10.3. The van der Waals surface area contributed by atoms with Crippen LogP contribution in [-0.4, -0.2) is 14.3 Å². The standard InChI is InChI=1S/C22H22N2O3S/c1-15-12-13-18(14-16(15)2)23-22(25)20-10-7-11-21(17(20)3)24-28(26,27)19-8-5-4-6-9-19/h4-14,24H,1-3H3,(H,23,25). The number of amides is 1. The van der Waals surface area contributed by atoms with Crippen molar-refractivity contribution < 1.29 is 13.2 Å². The zero-order valence-electron chi connectivity index (χ0n) is 16.0. The summed E-state index contributed by atoms with van der Waals surface area (Å²) in [5.41, 5.74) is 4.26. The Morgan fingerprint density at radius 2 is 1.54 bits per heavy atom. The summed E-state index contributed by atoms with van der Waals surface area (Å²) in [5.74, 6) is -0.290. The molecule has 0 bridgehead atoms. The van der Waals surface area contributed by atoms with Crippen molar-refractivity contribution in [2.24, 2.45) is 0 Å². The third-order valence-corrected chi connectivity index (χ3v) is 6.02. The van der Waals surface area contributed by atoms with Gasteiger partial charge in [-0.2, -0.15) is 0 Å². The minimum Gasteiger partial charge on any atom is -0.322 e. The van der Waals surface area contributed by atoms with Crippen LogP contribution in [0.2, 0.25) is 0 Å². The van der Waals surface area contributed by atoms with Gasteiger partial charge in [0.1, 0.15) is 0 Å². The van der Waals surface area contributed by atoms with Gasteiger partial charge in [0.2, 0.25) is 0 Å². The molecule has 0 aliphatic heterocycles. The van der Waals surface area contributed by atoms with Crippen molar-refractivity contribution >= 4 is 27.3 Å². The van der Waals surface area contributed by atoms with Crippen LogP contribution in [-0.2, 0) is 10.0 Å². The Bertz CT molecular complexity index is 1120. The number of carbonyl (C=O) groups is 1. The molecule has 2 N–H and O–H groups in total. The molecular formula is C22H22N2O3S. The highest BCUT2D eigenvalue weighted by molar-refractivity contribution is 7.92. The average Bonchev–Trinajstić information content (AvgIpc) is 2.67. The molecule has 0 fully saturated rings. The van der Waals surface area contributed by atoms with Crippen LogP contribution in [0.15, 0.2) is 71.6 Å². The van der Waals surface area contributed by atoms with Gasteiger partial charge in [-0.25, -0.2) is 8.42 Å². The van der Waals surface area contributed by atoms with Gasteiger partial charge in [-0.3, -0.25) is 9.52 Å². The number of carbonyl (C=O) groups excluding carboxylic acids is 1.